The summed E-state index contributed by atoms with van der Waals surface area (Å²) in [4.78, 5) is 22.7. The maximum atomic E-state index is 11.1. The van der Waals surface area contributed by atoms with E-state index in [1.165, 1.54) is 0 Å². The molecule has 5 nitrogen and oxygen atoms in total. The SMILES string of the molecule is CC(C=O)c1cccc(-c2ccc3ncc(N4CCOCC4)nc3c2)c1. The van der Waals surface area contributed by atoms with Gasteiger partial charge in [0.15, 0.2) is 0 Å². The van der Waals surface area contributed by atoms with Crippen molar-refractivity contribution < 1.29 is 9.53 Å². The zero-order valence-corrected chi connectivity index (χ0v) is 14.8. The van der Waals surface area contributed by atoms with Crippen LogP contribution in [0.15, 0.2) is 48.7 Å². The summed E-state index contributed by atoms with van der Waals surface area (Å²) >= 11 is 0. The molecule has 1 aliphatic rings. The Morgan fingerprint density at radius 3 is 2.69 bits per heavy atom. The predicted octanol–water partition coefficient (Wildman–Crippen LogP) is 3.44. The van der Waals surface area contributed by atoms with E-state index in [0.717, 1.165) is 66.1 Å². The first-order valence-electron chi connectivity index (χ1n) is 8.90. The Labute approximate surface area is 152 Å². The molecule has 4 rings (SSSR count). The second-order valence-electron chi connectivity index (χ2n) is 6.58. The minimum absolute atomic E-state index is 0.108. The number of anilines is 1. The molecule has 1 atom stereocenters. The van der Waals surface area contributed by atoms with E-state index in [2.05, 4.69) is 34.1 Å². The third-order valence-electron chi connectivity index (χ3n) is 4.81. The van der Waals surface area contributed by atoms with Crippen LogP contribution in [0.3, 0.4) is 0 Å². The summed E-state index contributed by atoms with van der Waals surface area (Å²) in [6.45, 7) is 5.03. The zero-order chi connectivity index (χ0) is 17.9. The molecule has 0 bridgehead atoms. The average molecular weight is 347 g/mol. The molecule has 0 amide bonds. The summed E-state index contributed by atoms with van der Waals surface area (Å²) in [5.41, 5.74) is 4.93. The number of rotatable bonds is 4. The molecule has 0 aliphatic carbocycles. The van der Waals surface area contributed by atoms with Crippen LogP contribution in [0, 0.1) is 0 Å². The van der Waals surface area contributed by atoms with Crippen molar-refractivity contribution in [3.63, 3.8) is 0 Å². The Bertz CT molecular complexity index is 935. The van der Waals surface area contributed by atoms with Crippen LogP contribution in [0.25, 0.3) is 22.2 Å². The van der Waals surface area contributed by atoms with Crippen LogP contribution in [-0.4, -0.2) is 42.6 Å². The Hall–Kier alpha value is -2.79. The minimum Gasteiger partial charge on any atom is -0.378 e. The number of ether oxygens (including phenoxy) is 1. The Morgan fingerprint density at radius 2 is 1.88 bits per heavy atom. The smallest absolute Gasteiger partial charge is 0.148 e. The molecule has 1 fully saturated rings. The number of morpholine rings is 1. The third kappa shape index (κ3) is 3.30. The summed E-state index contributed by atoms with van der Waals surface area (Å²) < 4.78 is 5.41. The van der Waals surface area contributed by atoms with Crippen LogP contribution in [0.5, 0.6) is 0 Å². The molecule has 0 N–H and O–H groups in total. The van der Waals surface area contributed by atoms with Gasteiger partial charge in [-0.15, -0.1) is 0 Å². The highest BCUT2D eigenvalue weighted by atomic mass is 16.5. The van der Waals surface area contributed by atoms with E-state index in [1.807, 2.05) is 31.3 Å². The molecule has 26 heavy (non-hydrogen) atoms. The number of fused-ring (bicyclic) bond motifs is 1. The van der Waals surface area contributed by atoms with Crippen molar-refractivity contribution in [2.45, 2.75) is 12.8 Å². The largest absolute Gasteiger partial charge is 0.378 e. The molecule has 0 saturated carbocycles. The van der Waals surface area contributed by atoms with E-state index >= 15 is 0 Å². The first-order chi connectivity index (χ1) is 12.7. The van der Waals surface area contributed by atoms with Crippen LogP contribution in [-0.2, 0) is 9.53 Å². The van der Waals surface area contributed by atoms with Crippen LogP contribution >= 0.6 is 0 Å². The van der Waals surface area contributed by atoms with Gasteiger partial charge in [0.2, 0.25) is 0 Å². The van der Waals surface area contributed by atoms with E-state index in [4.69, 9.17) is 9.72 Å². The van der Waals surface area contributed by atoms with Crippen molar-refractivity contribution in [3.05, 3.63) is 54.2 Å². The lowest BCUT2D eigenvalue weighted by Gasteiger charge is -2.27. The number of hydrogen-bond acceptors (Lipinski definition) is 5. The number of hydrogen-bond donors (Lipinski definition) is 0. The summed E-state index contributed by atoms with van der Waals surface area (Å²) in [6, 6.07) is 14.2. The number of nitrogens with zero attached hydrogens (tertiary/aromatic N) is 3. The molecule has 132 valence electrons. The van der Waals surface area contributed by atoms with Crippen LogP contribution in [0.4, 0.5) is 5.82 Å². The summed E-state index contributed by atoms with van der Waals surface area (Å²) in [5.74, 6) is 0.782. The van der Waals surface area contributed by atoms with Crippen molar-refractivity contribution >= 4 is 23.1 Å². The minimum atomic E-state index is -0.108. The fraction of sp³-hybridized carbons (Fsp3) is 0.286. The van der Waals surface area contributed by atoms with E-state index in [0.29, 0.717) is 0 Å². The van der Waals surface area contributed by atoms with Crippen molar-refractivity contribution in [2.24, 2.45) is 0 Å². The van der Waals surface area contributed by atoms with Crippen LogP contribution in [0.1, 0.15) is 18.4 Å². The zero-order valence-electron chi connectivity index (χ0n) is 14.8. The predicted molar refractivity (Wildman–Crippen MR) is 102 cm³/mol. The molecule has 5 heteroatoms. The van der Waals surface area contributed by atoms with Gasteiger partial charge >= 0.3 is 0 Å². The molecule has 1 aromatic heterocycles. The van der Waals surface area contributed by atoms with Gasteiger partial charge < -0.3 is 14.4 Å². The monoisotopic (exact) mass is 347 g/mol. The maximum Gasteiger partial charge on any atom is 0.148 e. The van der Waals surface area contributed by atoms with Gasteiger partial charge in [-0.3, -0.25) is 4.98 Å². The molecule has 1 saturated heterocycles. The van der Waals surface area contributed by atoms with Crippen molar-refractivity contribution in [1.29, 1.82) is 0 Å². The van der Waals surface area contributed by atoms with E-state index < -0.39 is 0 Å². The van der Waals surface area contributed by atoms with Gasteiger partial charge in [0.05, 0.1) is 30.4 Å². The van der Waals surface area contributed by atoms with E-state index in [-0.39, 0.29) is 5.92 Å². The van der Waals surface area contributed by atoms with Gasteiger partial charge in [-0.1, -0.05) is 37.3 Å². The number of carbonyl (C=O) groups is 1. The van der Waals surface area contributed by atoms with Crippen LogP contribution in [0.2, 0.25) is 0 Å². The number of aromatic nitrogens is 2. The van der Waals surface area contributed by atoms with Crippen molar-refractivity contribution in [3.8, 4) is 11.1 Å². The molecule has 2 heterocycles. The average Bonchev–Trinajstić information content (AvgIpc) is 2.73. The number of aldehydes is 1. The fourth-order valence-electron chi connectivity index (χ4n) is 3.21. The van der Waals surface area contributed by atoms with Gasteiger partial charge in [0.1, 0.15) is 12.1 Å². The fourth-order valence-corrected chi connectivity index (χ4v) is 3.21. The summed E-state index contributed by atoms with van der Waals surface area (Å²) in [7, 11) is 0. The van der Waals surface area contributed by atoms with Crippen LogP contribution < -0.4 is 4.90 Å². The Morgan fingerprint density at radius 1 is 1.08 bits per heavy atom. The standard InChI is InChI=1S/C21H21N3O2/c1-15(14-25)16-3-2-4-17(11-16)18-5-6-19-20(12-18)23-21(13-22-19)24-7-9-26-10-8-24/h2-6,11-15H,7-10H2,1H3. The lowest BCUT2D eigenvalue weighted by Crippen LogP contribution is -2.36. The second-order valence-corrected chi connectivity index (χ2v) is 6.58. The van der Waals surface area contributed by atoms with E-state index in [9.17, 15) is 4.79 Å². The molecular formula is C21H21N3O2. The molecular weight excluding hydrogens is 326 g/mol. The molecule has 1 unspecified atom stereocenters. The second kappa shape index (κ2) is 7.22. The lowest BCUT2D eigenvalue weighted by atomic mass is 9.97. The van der Waals surface area contributed by atoms with Crippen molar-refractivity contribution in [1.82, 2.24) is 9.97 Å². The number of benzene rings is 2. The van der Waals surface area contributed by atoms with Crippen molar-refractivity contribution in [2.75, 3.05) is 31.2 Å². The Kier molecular flexibility index (Phi) is 4.63. The lowest BCUT2D eigenvalue weighted by molar-refractivity contribution is -0.108. The molecule has 3 aromatic rings. The summed E-state index contributed by atoms with van der Waals surface area (Å²) in [6.07, 6.45) is 2.80. The molecule has 1 aliphatic heterocycles. The normalized spacial score (nSPS) is 15.8. The van der Waals surface area contributed by atoms with Gasteiger partial charge in [-0.25, -0.2) is 4.98 Å². The molecule has 2 aromatic carbocycles. The first kappa shape index (κ1) is 16.7. The summed E-state index contributed by atoms with van der Waals surface area (Å²) in [5, 5.41) is 0. The van der Waals surface area contributed by atoms with Gasteiger partial charge in [0.25, 0.3) is 0 Å². The Balaban J connectivity index is 1.71. The third-order valence-corrected chi connectivity index (χ3v) is 4.81. The quantitative estimate of drug-likeness (QED) is 0.677. The maximum absolute atomic E-state index is 11.1. The number of carbonyl (C=O) groups excluding carboxylic acids is 1. The van der Waals surface area contributed by atoms with Gasteiger partial charge in [0, 0.05) is 19.0 Å². The molecule has 0 spiro atoms. The molecule has 0 radical (unpaired) electrons. The van der Waals surface area contributed by atoms with Gasteiger partial charge in [-0.05, 0) is 28.8 Å². The highest BCUT2D eigenvalue weighted by Gasteiger charge is 2.14. The highest BCUT2D eigenvalue weighted by Crippen LogP contribution is 2.26. The van der Waals surface area contributed by atoms with Gasteiger partial charge in [-0.2, -0.15) is 0 Å². The topological polar surface area (TPSA) is 55.3 Å². The first-order valence-corrected chi connectivity index (χ1v) is 8.90. The van der Waals surface area contributed by atoms with E-state index in [1.54, 1.807) is 0 Å². The highest BCUT2D eigenvalue weighted by molar-refractivity contribution is 5.82.